The molecular formula is C14H7NO4. The van der Waals surface area contributed by atoms with Gasteiger partial charge in [-0.2, -0.15) is 5.26 Å². The average molecular weight is 253 g/mol. The molecule has 0 bridgehead atoms. The van der Waals surface area contributed by atoms with Gasteiger partial charge >= 0.3 is 5.63 Å². The molecule has 0 aliphatic rings. The van der Waals surface area contributed by atoms with Crippen LogP contribution in [0.15, 0.2) is 50.2 Å². The van der Waals surface area contributed by atoms with E-state index in [0.717, 1.165) is 0 Å². The molecule has 1 N–H and O–H groups in total. The summed E-state index contributed by atoms with van der Waals surface area (Å²) in [6, 6.07) is 9.50. The van der Waals surface area contributed by atoms with Gasteiger partial charge in [0.15, 0.2) is 0 Å². The van der Waals surface area contributed by atoms with Crippen molar-refractivity contribution in [1.29, 1.82) is 5.26 Å². The van der Waals surface area contributed by atoms with Crippen LogP contribution in [0.2, 0.25) is 0 Å². The molecule has 19 heavy (non-hydrogen) atoms. The molecule has 3 rings (SSSR count). The summed E-state index contributed by atoms with van der Waals surface area (Å²) < 4.78 is 10.3. The minimum atomic E-state index is -0.757. The Bertz CT molecular complexity index is 854. The molecule has 5 nitrogen and oxygen atoms in total. The zero-order valence-corrected chi connectivity index (χ0v) is 9.58. The number of aromatic hydroxyl groups is 1. The van der Waals surface area contributed by atoms with E-state index in [9.17, 15) is 9.90 Å². The fourth-order valence-corrected chi connectivity index (χ4v) is 1.97. The molecule has 5 heteroatoms. The van der Waals surface area contributed by atoms with Gasteiger partial charge in [0.1, 0.15) is 28.7 Å². The number of nitrogens with zero attached hydrogens (tertiary/aromatic N) is 1. The Labute approximate surface area is 106 Å². The van der Waals surface area contributed by atoms with E-state index < -0.39 is 5.63 Å². The predicted octanol–water partition coefficient (Wildman–Crippen LogP) is 2.63. The van der Waals surface area contributed by atoms with Gasteiger partial charge in [-0.1, -0.05) is 0 Å². The zero-order chi connectivity index (χ0) is 13.4. The van der Waals surface area contributed by atoms with Crippen LogP contribution in [0, 0.1) is 11.3 Å². The van der Waals surface area contributed by atoms with E-state index >= 15 is 0 Å². The highest BCUT2D eigenvalue weighted by Crippen LogP contribution is 2.31. The van der Waals surface area contributed by atoms with Crippen molar-refractivity contribution in [2.24, 2.45) is 0 Å². The van der Waals surface area contributed by atoms with E-state index in [1.807, 2.05) is 6.07 Å². The van der Waals surface area contributed by atoms with Crippen molar-refractivity contribution >= 4 is 11.0 Å². The van der Waals surface area contributed by atoms with Gasteiger partial charge in [-0.05, 0) is 24.3 Å². The fourth-order valence-electron chi connectivity index (χ4n) is 1.97. The number of benzene rings is 1. The van der Waals surface area contributed by atoms with E-state index in [1.165, 1.54) is 18.4 Å². The number of fused-ring (bicyclic) bond motifs is 1. The lowest BCUT2D eigenvalue weighted by Gasteiger charge is -2.05. The van der Waals surface area contributed by atoms with Gasteiger partial charge in [0.25, 0.3) is 0 Å². The molecule has 0 spiro atoms. The van der Waals surface area contributed by atoms with Crippen LogP contribution in [0.25, 0.3) is 22.3 Å². The molecule has 0 aliphatic heterocycles. The van der Waals surface area contributed by atoms with Gasteiger partial charge in [0, 0.05) is 11.5 Å². The fraction of sp³-hybridized carbons (Fsp3) is 0. The van der Waals surface area contributed by atoms with Crippen LogP contribution in [0.4, 0.5) is 0 Å². The summed E-state index contributed by atoms with van der Waals surface area (Å²) in [6.45, 7) is 0. The summed E-state index contributed by atoms with van der Waals surface area (Å²) in [4.78, 5) is 11.8. The molecule has 1 aromatic carbocycles. The van der Waals surface area contributed by atoms with Crippen molar-refractivity contribution in [3.63, 3.8) is 0 Å². The first-order chi connectivity index (χ1) is 9.20. The second-order valence-electron chi connectivity index (χ2n) is 3.91. The standard InChI is InChI=1S/C14H7NO4/c15-7-10-13(11-2-1-5-18-11)9-4-3-8(16)6-12(9)19-14(10)17/h1-6,16H. The summed E-state index contributed by atoms with van der Waals surface area (Å²) in [5.41, 5.74) is -0.297. The van der Waals surface area contributed by atoms with Crippen molar-refractivity contribution in [1.82, 2.24) is 0 Å². The van der Waals surface area contributed by atoms with Crippen LogP contribution >= 0.6 is 0 Å². The van der Waals surface area contributed by atoms with Gasteiger partial charge in [0.2, 0.25) is 0 Å². The topological polar surface area (TPSA) is 87.4 Å². The summed E-state index contributed by atoms with van der Waals surface area (Å²) in [5.74, 6) is 0.380. The van der Waals surface area contributed by atoms with Crippen molar-refractivity contribution in [2.75, 3.05) is 0 Å². The summed E-state index contributed by atoms with van der Waals surface area (Å²) in [7, 11) is 0. The number of phenolic OH excluding ortho intramolecular Hbond substituents is 1. The second-order valence-corrected chi connectivity index (χ2v) is 3.91. The van der Waals surface area contributed by atoms with Crippen LogP contribution in [0.5, 0.6) is 5.75 Å². The number of hydrogen-bond donors (Lipinski definition) is 1. The lowest BCUT2D eigenvalue weighted by atomic mass is 10.0. The largest absolute Gasteiger partial charge is 0.508 e. The van der Waals surface area contributed by atoms with E-state index in [4.69, 9.17) is 14.1 Å². The SMILES string of the molecule is N#Cc1c(-c2ccco2)c2ccc(O)cc2oc1=O. The van der Waals surface area contributed by atoms with Gasteiger partial charge in [0.05, 0.1) is 11.8 Å². The molecule has 0 unspecified atom stereocenters. The predicted molar refractivity (Wildman–Crippen MR) is 66.6 cm³/mol. The Morgan fingerprint density at radius 3 is 2.79 bits per heavy atom. The average Bonchev–Trinajstić information content (AvgIpc) is 2.90. The quantitative estimate of drug-likeness (QED) is 0.673. The maximum Gasteiger partial charge on any atom is 0.355 e. The molecule has 3 aromatic rings. The summed E-state index contributed by atoms with van der Waals surface area (Å²) in [6.07, 6.45) is 1.46. The van der Waals surface area contributed by atoms with Crippen molar-refractivity contribution < 1.29 is 13.9 Å². The molecule has 0 amide bonds. The van der Waals surface area contributed by atoms with Gasteiger partial charge in [-0.25, -0.2) is 4.79 Å². The Kier molecular flexibility index (Phi) is 2.36. The lowest BCUT2D eigenvalue weighted by molar-refractivity contribution is 0.473. The number of phenols is 1. The van der Waals surface area contributed by atoms with E-state index in [-0.39, 0.29) is 16.9 Å². The van der Waals surface area contributed by atoms with E-state index in [1.54, 1.807) is 18.2 Å². The molecule has 0 aliphatic carbocycles. The number of hydrogen-bond acceptors (Lipinski definition) is 5. The third-order valence-electron chi connectivity index (χ3n) is 2.77. The van der Waals surface area contributed by atoms with Crippen LogP contribution in [-0.2, 0) is 0 Å². The number of nitriles is 1. The zero-order valence-electron chi connectivity index (χ0n) is 9.58. The minimum Gasteiger partial charge on any atom is -0.508 e. The van der Waals surface area contributed by atoms with Crippen molar-refractivity contribution in [2.45, 2.75) is 0 Å². The maximum atomic E-state index is 11.8. The van der Waals surface area contributed by atoms with Crippen molar-refractivity contribution in [3.8, 4) is 23.1 Å². The van der Waals surface area contributed by atoms with E-state index in [0.29, 0.717) is 16.7 Å². The molecule has 0 fully saturated rings. The normalized spacial score (nSPS) is 10.5. The monoisotopic (exact) mass is 253 g/mol. The number of rotatable bonds is 1. The molecule has 2 aromatic heterocycles. The molecular weight excluding hydrogens is 246 g/mol. The first-order valence-electron chi connectivity index (χ1n) is 5.44. The van der Waals surface area contributed by atoms with Crippen LogP contribution in [0.3, 0.4) is 0 Å². The molecule has 0 radical (unpaired) electrons. The molecule has 92 valence electrons. The highest BCUT2D eigenvalue weighted by Gasteiger charge is 2.18. The van der Waals surface area contributed by atoms with Crippen LogP contribution in [-0.4, -0.2) is 5.11 Å². The number of furan rings is 1. The van der Waals surface area contributed by atoms with Crippen molar-refractivity contribution in [3.05, 3.63) is 52.6 Å². The highest BCUT2D eigenvalue weighted by atomic mass is 16.4. The minimum absolute atomic E-state index is 0.0225. The molecule has 0 atom stereocenters. The maximum absolute atomic E-state index is 11.8. The molecule has 2 heterocycles. The Morgan fingerprint density at radius 1 is 1.26 bits per heavy atom. The lowest BCUT2D eigenvalue weighted by Crippen LogP contribution is -2.06. The Hall–Kier alpha value is -3.00. The van der Waals surface area contributed by atoms with Crippen LogP contribution in [0.1, 0.15) is 5.56 Å². The summed E-state index contributed by atoms with van der Waals surface area (Å²) >= 11 is 0. The third-order valence-corrected chi connectivity index (χ3v) is 2.77. The van der Waals surface area contributed by atoms with Gasteiger partial charge in [-0.15, -0.1) is 0 Å². The molecule has 0 saturated carbocycles. The Morgan fingerprint density at radius 2 is 2.11 bits per heavy atom. The first kappa shape index (κ1) is 11.1. The molecule has 0 saturated heterocycles. The third kappa shape index (κ3) is 1.67. The highest BCUT2D eigenvalue weighted by molar-refractivity contribution is 5.95. The van der Waals surface area contributed by atoms with E-state index in [2.05, 4.69) is 0 Å². The van der Waals surface area contributed by atoms with Crippen LogP contribution < -0.4 is 5.63 Å². The van der Waals surface area contributed by atoms with Gasteiger partial charge in [-0.3, -0.25) is 0 Å². The second kappa shape index (κ2) is 4.03. The smallest absolute Gasteiger partial charge is 0.355 e. The Balaban J connectivity index is 2.53. The first-order valence-corrected chi connectivity index (χ1v) is 5.44. The summed E-state index contributed by atoms with van der Waals surface area (Å²) in [5, 5.41) is 19.1. The van der Waals surface area contributed by atoms with Gasteiger partial charge < -0.3 is 13.9 Å².